The maximum Gasteiger partial charge on any atom is 0.253 e. The van der Waals surface area contributed by atoms with E-state index in [1.54, 1.807) is 36.4 Å². The summed E-state index contributed by atoms with van der Waals surface area (Å²) in [6.07, 6.45) is 1.12. The Morgan fingerprint density at radius 1 is 0.667 bits per heavy atom. The smallest absolute Gasteiger partial charge is 0.206 e. The Hall–Kier alpha value is -1.39. The minimum absolute atomic E-state index is 0.138. The van der Waals surface area contributed by atoms with Gasteiger partial charge in [0.1, 0.15) is 0 Å². The number of rotatable bonds is 10. The molecule has 0 bridgehead atoms. The first-order valence-electron chi connectivity index (χ1n) is 8.67. The van der Waals surface area contributed by atoms with Gasteiger partial charge in [0.25, 0.3) is 20.0 Å². The molecule has 9 heteroatoms. The minimum atomic E-state index is -3.83. The lowest BCUT2D eigenvalue weighted by atomic mass is 10.4. The molecule has 0 amide bonds. The standard InChI is InChI=1S/C18H24N2O4S3/c1-3-15-19(26(21,22)17-11-7-5-8-12-17)25-20(16-4-2)27(23,24)18-13-9-6-10-14-18/h5-14H,3-4,15-16H2,1-2H3. The predicted molar refractivity (Wildman–Crippen MR) is 109 cm³/mol. The molecule has 148 valence electrons. The average Bonchev–Trinajstić information content (AvgIpc) is 2.68. The average molecular weight is 429 g/mol. The van der Waals surface area contributed by atoms with E-state index in [4.69, 9.17) is 0 Å². The zero-order chi connectivity index (χ0) is 19.9. The highest BCUT2D eigenvalue weighted by Gasteiger charge is 2.32. The van der Waals surface area contributed by atoms with E-state index in [9.17, 15) is 16.8 Å². The molecule has 0 unspecified atom stereocenters. The number of benzene rings is 2. The van der Waals surface area contributed by atoms with Crippen LogP contribution in [0.15, 0.2) is 70.5 Å². The molecule has 0 aliphatic carbocycles. The second kappa shape index (κ2) is 9.70. The Morgan fingerprint density at radius 3 is 1.30 bits per heavy atom. The van der Waals surface area contributed by atoms with Gasteiger partial charge < -0.3 is 0 Å². The SMILES string of the molecule is CCCN(SN(CCC)S(=O)(=O)c1ccccc1)S(=O)(=O)c1ccccc1. The van der Waals surface area contributed by atoms with Crippen molar-refractivity contribution in [2.24, 2.45) is 0 Å². The van der Waals surface area contributed by atoms with E-state index >= 15 is 0 Å². The summed E-state index contributed by atoms with van der Waals surface area (Å²) in [7, 11) is -7.66. The van der Waals surface area contributed by atoms with Gasteiger partial charge in [0, 0.05) is 25.2 Å². The Kier molecular flexibility index (Phi) is 7.87. The molecular weight excluding hydrogens is 404 g/mol. The molecule has 2 rings (SSSR count). The number of hydrogen-bond acceptors (Lipinski definition) is 5. The first-order valence-corrected chi connectivity index (χ1v) is 12.3. The quantitative estimate of drug-likeness (QED) is 0.539. The van der Waals surface area contributed by atoms with Gasteiger partial charge in [0.2, 0.25) is 0 Å². The molecule has 0 heterocycles. The molecular formula is C18H24N2O4S3. The maximum absolute atomic E-state index is 13.0. The van der Waals surface area contributed by atoms with Crippen LogP contribution in [0.1, 0.15) is 26.7 Å². The monoisotopic (exact) mass is 428 g/mol. The molecule has 0 atom stereocenters. The molecule has 0 aromatic heterocycles. The van der Waals surface area contributed by atoms with Crippen LogP contribution in [0.25, 0.3) is 0 Å². The van der Waals surface area contributed by atoms with Crippen molar-refractivity contribution in [2.75, 3.05) is 13.1 Å². The van der Waals surface area contributed by atoms with Crippen LogP contribution in [-0.2, 0) is 20.0 Å². The van der Waals surface area contributed by atoms with Crippen LogP contribution in [0.2, 0.25) is 0 Å². The third-order valence-corrected chi connectivity index (χ3v) is 9.09. The summed E-state index contributed by atoms with van der Waals surface area (Å²) in [6.45, 7) is 4.10. The van der Waals surface area contributed by atoms with Gasteiger partial charge in [-0.05, 0) is 37.1 Å². The van der Waals surface area contributed by atoms with Gasteiger partial charge in [-0.2, -0.15) is 0 Å². The van der Waals surface area contributed by atoms with E-state index in [0.717, 1.165) is 19.6 Å². The highest BCUT2D eigenvalue weighted by atomic mass is 32.3. The second-order valence-electron chi connectivity index (χ2n) is 5.77. The first-order chi connectivity index (χ1) is 12.8. The summed E-state index contributed by atoms with van der Waals surface area (Å²) < 4.78 is 54.3. The van der Waals surface area contributed by atoms with Gasteiger partial charge in [0.05, 0.1) is 9.79 Å². The summed E-state index contributed by atoms with van der Waals surface area (Å²) in [4.78, 5) is 0.277. The summed E-state index contributed by atoms with van der Waals surface area (Å²) in [6, 6.07) is 16.1. The van der Waals surface area contributed by atoms with Gasteiger partial charge in [-0.15, -0.1) is 7.42 Å². The highest BCUT2D eigenvalue weighted by Crippen LogP contribution is 2.31. The maximum atomic E-state index is 13.0. The van der Waals surface area contributed by atoms with Crippen LogP contribution in [0.5, 0.6) is 0 Å². The van der Waals surface area contributed by atoms with Gasteiger partial charge >= 0.3 is 0 Å². The number of nitrogens with zero attached hydrogens (tertiary/aromatic N) is 2. The molecule has 27 heavy (non-hydrogen) atoms. The van der Waals surface area contributed by atoms with Crippen molar-refractivity contribution < 1.29 is 16.8 Å². The van der Waals surface area contributed by atoms with Crippen LogP contribution in [0.3, 0.4) is 0 Å². The fourth-order valence-electron chi connectivity index (χ4n) is 2.30. The molecule has 0 fully saturated rings. The van der Waals surface area contributed by atoms with Crippen molar-refractivity contribution in [1.82, 2.24) is 7.42 Å². The van der Waals surface area contributed by atoms with Crippen molar-refractivity contribution >= 4 is 32.2 Å². The molecule has 2 aromatic carbocycles. The van der Waals surface area contributed by atoms with Crippen molar-refractivity contribution in [2.45, 2.75) is 36.5 Å². The summed E-state index contributed by atoms with van der Waals surface area (Å²) in [5, 5.41) is 0. The van der Waals surface area contributed by atoms with Crippen LogP contribution in [0, 0.1) is 0 Å². The topological polar surface area (TPSA) is 74.8 Å². The van der Waals surface area contributed by atoms with E-state index in [1.807, 2.05) is 13.8 Å². The summed E-state index contributed by atoms with van der Waals surface area (Å²) in [5.41, 5.74) is 0. The van der Waals surface area contributed by atoms with E-state index in [1.165, 1.54) is 24.3 Å². The molecule has 0 aliphatic heterocycles. The van der Waals surface area contributed by atoms with E-state index in [-0.39, 0.29) is 22.9 Å². The lowest BCUT2D eigenvalue weighted by Gasteiger charge is -2.27. The van der Waals surface area contributed by atoms with Gasteiger partial charge in [-0.3, -0.25) is 0 Å². The first kappa shape index (κ1) is 21.9. The molecule has 0 saturated heterocycles. The molecule has 0 aliphatic rings. The van der Waals surface area contributed by atoms with Crippen LogP contribution in [0.4, 0.5) is 0 Å². The highest BCUT2D eigenvalue weighted by molar-refractivity contribution is 8.13. The molecule has 0 N–H and O–H groups in total. The molecule has 2 aromatic rings. The Labute approximate surface area is 166 Å². The van der Waals surface area contributed by atoms with Crippen molar-refractivity contribution in [3.8, 4) is 0 Å². The van der Waals surface area contributed by atoms with Gasteiger partial charge in [-0.1, -0.05) is 50.2 Å². The Bertz CT molecular complexity index is 840. The van der Waals surface area contributed by atoms with Gasteiger partial charge in [-0.25, -0.2) is 16.8 Å². The lowest BCUT2D eigenvalue weighted by molar-refractivity contribution is 0.516. The van der Waals surface area contributed by atoms with E-state index in [0.29, 0.717) is 12.8 Å². The molecule has 0 spiro atoms. The van der Waals surface area contributed by atoms with Crippen molar-refractivity contribution in [1.29, 1.82) is 0 Å². The fourth-order valence-corrected chi connectivity index (χ4v) is 7.17. The van der Waals surface area contributed by atoms with Crippen molar-refractivity contribution in [3.63, 3.8) is 0 Å². The molecule has 0 radical (unpaired) electrons. The van der Waals surface area contributed by atoms with Crippen LogP contribution >= 0.6 is 12.1 Å². The number of hydrogen-bond donors (Lipinski definition) is 0. The second-order valence-corrected chi connectivity index (χ2v) is 11.0. The summed E-state index contributed by atoms with van der Waals surface area (Å²) >= 11 is 0.733. The third kappa shape index (κ3) is 5.32. The lowest BCUT2D eigenvalue weighted by Crippen LogP contribution is -2.34. The zero-order valence-corrected chi connectivity index (χ0v) is 17.8. The van der Waals surface area contributed by atoms with Crippen LogP contribution in [-0.4, -0.2) is 37.3 Å². The number of sulfonamides is 2. The third-order valence-electron chi connectivity index (χ3n) is 3.61. The molecule has 6 nitrogen and oxygen atoms in total. The Morgan fingerprint density at radius 2 is 1.00 bits per heavy atom. The predicted octanol–water partition coefficient (Wildman–Crippen LogP) is 3.75. The largest absolute Gasteiger partial charge is 0.253 e. The van der Waals surface area contributed by atoms with E-state index in [2.05, 4.69) is 0 Å². The Balaban J connectivity index is 2.39. The van der Waals surface area contributed by atoms with Gasteiger partial charge in [0.15, 0.2) is 0 Å². The minimum Gasteiger partial charge on any atom is -0.206 e. The molecule has 0 saturated carbocycles. The summed E-state index contributed by atoms with van der Waals surface area (Å²) in [5.74, 6) is 0. The van der Waals surface area contributed by atoms with Crippen LogP contribution < -0.4 is 0 Å². The fraction of sp³-hybridized carbons (Fsp3) is 0.333. The van der Waals surface area contributed by atoms with E-state index < -0.39 is 20.0 Å². The zero-order valence-electron chi connectivity index (χ0n) is 15.4. The normalized spacial score (nSPS) is 12.6. The van der Waals surface area contributed by atoms with Crippen molar-refractivity contribution in [3.05, 3.63) is 60.7 Å².